The molecule has 112 valence electrons. The molecule has 0 bridgehead atoms. The number of piperazine rings is 1. The van der Waals surface area contributed by atoms with Crippen molar-refractivity contribution in [2.45, 2.75) is 19.9 Å². The third-order valence-electron chi connectivity index (χ3n) is 3.97. The van der Waals surface area contributed by atoms with E-state index in [9.17, 15) is 15.3 Å². The number of phenols is 2. The molecule has 0 aromatic heterocycles. The van der Waals surface area contributed by atoms with Crippen molar-refractivity contribution in [3.63, 3.8) is 0 Å². The van der Waals surface area contributed by atoms with Gasteiger partial charge in [-0.15, -0.1) is 0 Å². The Kier molecular flexibility index (Phi) is 4.52. The van der Waals surface area contributed by atoms with Crippen LogP contribution in [0.3, 0.4) is 0 Å². The quantitative estimate of drug-likeness (QED) is 0.663. The van der Waals surface area contributed by atoms with Crippen molar-refractivity contribution >= 4 is 0 Å². The molecule has 5 heteroatoms. The summed E-state index contributed by atoms with van der Waals surface area (Å²) in [5.74, 6) is 0.127. The van der Waals surface area contributed by atoms with Gasteiger partial charge in [-0.05, 0) is 6.07 Å². The predicted octanol–water partition coefficient (Wildman–Crippen LogP) is 1.06. The van der Waals surface area contributed by atoms with Crippen molar-refractivity contribution in [2.75, 3.05) is 32.8 Å². The lowest BCUT2D eigenvalue weighted by Gasteiger charge is -2.43. The largest absolute Gasteiger partial charge is 0.508 e. The van der Waals surface area contributed by atoms with E-state index in [4.69, 9.17) is 0 Å². The van der Waals surface area contributed by atoms with Crippen LogP contribution in [0.15, 0.2) is 18.2 Å². The Labute approximate surface area is 119 Å². The Hall–Kier alpha value is -1.30. The minimum atomic E-state index is -0.383. The number of aliphatic hydroxyl groups is 1. The molecular formula is C15H24N2O3. The Balaban J connectivity index is 2.39. The minimum absolute atomic E-state index is 0.0297. The maximum Gasteiger partial charge on any atom is 0.124 e. The lowest BCUT2D eigenvalue weighted by atomic mass is 9.79. The van der Waals surface area contributed by atoms with Crippen molar-refractivity contribution in [3.8, 4) is 11.5 Å². The van der Waals surface area contributed by atoms with Crippen LogP contribution in [0, 0.1) is 5.41 Å². The van der Waals surface area contributed by atoms with E-state index in [1.54, 1.807) is 12.1 Å². The van der Waals surface area contributed by atoms with Gasteiger partial charge in [-0.3, -0.25) is 4.90 Å². The van der Waals surface area contributed by atoms with Gasteiger partial charge in [0.15, 0.2) is 0 Å². The van der Waals surface area contributed by atoms with E-state index in [1.165, 1.54) is 6.07 Å². The molecule has 1 fully saturated rings. The van der Waals surface area contributed by atoms with E-state index >= 15 is 0 Å². The third-order valence-corrected chi connectivity index (χ3v) is 3.97. The summed E-state index contributed by atoms with van der Waals surface area (Å²) in [4.78, 5) is 2.28. The minimum Gasteiger partial charge on any atom is -0.508 e. The highest BCUT2D eigenvalue weighted by molar-refractivity contribution is 5.41. The highest BCUT2D eigenvalue weighted by atomic mass is 16.3. The molecule has 1 aromatic rings. The zero-order chi connectivity index (χ0) is 14.8. The third kappa shape index (κ3) is 3.06. The monoisotopic (exact) mass is 280 g/mol. The van der Waals surface area contributed by atoms with E-state index in [0.717, 1.165) is 31.7 Å². The van der Waals surface area contributed by atoms with Gasteiger partial charge in [0.2, 0.25) is 0 Å². The fourth-order valence-corrected chi connectivity index (χ4v) is 2.90. The number of aliphatic hydroxyl groups excluding tert-OH is 1. The van der Waals surface area contributed by atoms with E-state index < -0.39 is 0 Å². The van der Waals surface area contributed by atoms with Gasteiger partial charge in [-0.25, -0.2) is 0 Å². The first-order valence-corrected chi connectivity index (χ1v) is 7.03. The van der Waals surface area contributed by atoms with Crippen LogP contribution in [0.5, 0.6) is 11.5 Å². The molecule has 1 aliphatic heterocycles. The van der Waals surface area contributed by atoms with Gasteiger partial charge in [0.05, 0.1) is 0 Å². The number of nitrogens with zero attached hydrogens (tertiary/aromatic N) is 1. The van der Waals surface area contributed by atoms with Gasteiger partial charge in [0.25, 0.3) is 0 Å². The molecule has 5 nitrogen and oxygen atoms in total. The van der Waals surface area contributed by atoms with E-state index in [0.29, 0.717) is 0 Å². The highest BCUT2D eigenvalue weighted by Gasteiger charge is 2.37. The summed E-state index contributed by atoms with van der Waals surface area (Å²) in [6.45, 7) is 7.55. The van der Waals surface area contributed by atoms with Crippen LogP contribution in [0.4, 0.5) is 0 Å². The van der Waals surface area contributed by atoms with Crippen molar-refractivity contribution in [3.05, 3.63) is 23.8 Å². The van der Waals surface area contributed by atoms with Crippen molar-refractivity contribution in [2.24, 2.45) is 5.41 Å². The zero-order valence-corrected chi connectivity index (χ0v) is 12.1. The van der Waals surface area contributed by atoms with Gasteiger partial charge in [-0.2, -0.15) is 0 Å². The number of hydrogen-bond donors (Lipinski definition) is 4. The van der Waals surface area contributed by atoms with Gasteiger partial charge in [0.1, 0.15) is 11.5 Å². The first-order chi connectivity index (χ1) is 9.45. The highest BCUT2D eigenvalue weighted by Crippen LogP contribution is 2.42. The molecule has 1 aromatic carbocycles. The molecule has 20 heavy (non-hydrogen) atoms. The van der Waals surface area contributed by atoms with Crippen molar-refractivity contribution in [1.82, 2.24) is 10.2 Å². The van der Waals surface area contributed by atoms with Gasteiger partial charge in [-0.1, -0.05) is 19.9 Å². The Morgan fingerprint density at radius 2 is 1.90 bits per heavy atom. The SMILES string of the molecule is CC(C)(CO)[C@H](c1ccc(O)cc1O)N1CCNCC1. The molecule has 1 atom stereocenters. The summed E-state index contributed by atoms with van der Waals surface area (Å²) < 4.78 is 0. The fourth-order valence-electron chi connectivity index (χ4n) is 2.90. The molecule has 4 N–H and O–H groups in total. The lowest BCUT2D eigenvalue weighted by molar-refractivity contribution is 0.0293. The second-order valence-corrected chi connectivity index (χ2v) is 6.08. The molecule has 1 aliphatic rings. The van der Waals surface area contributed by atoms with Crippen LogP contribution in [0.2, 0.25) is 0 Å². The molecule has 0 aliphatic carbocycles. The molecule has 0 unspecified atom stereocenters. The Bertz CT molecular complexity index is 456. The van der Waals surface area contributed by atoms with Crippen LogP contribution in [0.25, 0.3) is 0 Å². The second-order valence-electron chi connectivity index (χ2n) is 6.08. The van der Waals surface area contributed by atoms with Crippen LogP contribution in [-0.2, 0) is 0 Å². The molecule has 0 radical (unpaired) electrons. The maximum atomic E-state index is 10.2. The first-order valence-electron chi connectivity index (χ1n) is 7.03. The van der Waals surface area contributed by atoms with Crippen molar-refractivity contribution in [1.29, 1.82) is 0 Å². The molecular weight excluding hydrogens is 256 g/mol. The smallest absolute Gasteiger partial charge is 0.124 e. The average molecular weight is 280 g/mol. The number of benzene rings is 1. The van der Waals surface area contributed by atoms with Gasteiger partial charge >= 0.3 is 0 Å². The Morgan fingerprint density at radius 3 is 2.45 bits per heavy atom. The molecule has 0 saturated carbocycles. The summed E-state index contributed by atoms with van der Waals surface area (Å²) >= 11 is 0. The summed E-state index contributed by atoms with van der Waals surface area (Å²) in [7, 11) is 0. The van der Waals surface area contributed by atoms with Gasteiger partial charge < -0.3 is 20.6 Å². The van der Waals surface area contributed by atoms with Crippen LogP contribution in [0.1, 0.15) is 25.5 Å². The van der Waals surface area contributed by atoms with E-state index in [-0.39, 0.29) is 29.6 Å². The summed E-state index contributed by atoms with van der Waals surface area (Å²) in [5.41, 5.74) is 0.370. The maximum absolute atomic E-state index is 10.2. The molecule has 2 rings (SSSR count). The molecule has 0 amide bonds. The van der Waals surface area contributed by atoms with Crippen molar-refractivity contribution < 1.29 is 15.3 Å². The predicted molar refractivity (Wildman–Crippen MR) is 77.8 cm³/mol. The molecule has 0 spiro atoms. The number of aromatic hydroxyl groups is 2. The first kappa shape index (κ1) is 15.1. The molecule has 1 saturated heterocycles. The number of nitrogens with one attached hydrogen (secondary N) is 1. The standard InChI is InChI=1S/C15H24N2O3/c1-15(2,10-18)14(17-7-5-16-6-8-17)12-4-3-11(19)9-13(12)20/h3-4,9,14,16,18-20H,5-8,10H2,1-2H3/t14-/m0/s1. The Morgan fingerprint density at radius 1 is 1.25 bits per heavy atom. The second kappa shape index (κ2) is 5.99. The van der Waals surface area contributed by atoms with Crippen LogP contribution < -0.4 is 5.32 Å². The number of phenolic OH excluding ortho intramolecular Hbond substituents is 2. The summed E-state index contributed by atoms with van der Waals surface area (Å²) in [6.07, 6.45) is 0. The van der Waals surface area contributed by atoms with Crippen LogP contribution >= 0.6 is 0 Å². The van der Waals surface area contributed by atoms with E-state index in [1.807, 2.05) is 13.8 Å². The van der Waals surface area contributed by atoms with Crippen LogP contribution in [-0.4, -0.2) is 53.0 Å². The normalized spacial score (nSPS) is 18.9. The number of hydrogen-bond acceptors (Lipinski definition) is 5. The summed E-state index contributed by atoms with van der Waals surface area (Å²) in [5, 5.41) is 32.7. The summed E-state index contributed by atoms with van der Waals surface area (Å²) in [6, 6.07) is 4.60. The topological polar surface area (TPSA) is 76.0 Å². The fraction of sp³-hybridized carbons (Fsp3) is 0.600. The zero-order valence-electron chi connectivity index (χ0n) is 12.1. The average Bonchev–Trinajstić information content (AvgIpc) is 2.43. The number of rotatable bonds is 4. The molecule has 1 heterocycles. The van der Waals surface area contributed by atoms with E-state index in [2.05, 4.69) is 10.2 Å². The van der Waals surface area contributed by atoms with Gasteiger partial charge in [0, 0.05) is 55.9 Å². The lowest BCUT2D eigenvalue weighted by Crippen LogP contribution is -2.49.